The summed E-state index contributed by atoms with van der Waals surface area (Å²) >= 11 is 1.34. The number of esters is 1. The molecule has 1 aromatic rings. The van der Waals surface area contributed by atoms with Crippen molar-refractivity contribution < 1.29 is 23.9 Å². The fraction of sp³-hybridized carbons (Fsp3) is 0.308. The van der Waals surface area contributed by atoms with E-state index in [0.717, 1.165) is 0 Å². The summed E-state index contributed by atoms with van der Waals surface area (Å²) in [5, 5.41) is 4.17. The average Bonchev–Trinajstić information content (AvgIpc) is 2.93. The maximum absolute atomic E-state index is 12.4. The minimum Gasteiger partial charge on any atom is -0.455 e. The zero-order chi connectivity index (χ0) is 14.9. The molecule has 20 heavy (non-hydrogen) atoms. The molecule has 0 radical (unpaired) electrons. The highest BCUT2D eigenvalue weighted by atomic mass is 32.1. The molecule has 0 fully saturated rings. The van der Waals surface area contributed by atoms with Crippen LogP contribution in [0.3, 0.4) is 0 Å². The van der Waals surface area contributed by atoms with E-state index in [1.807, 2.05) is 0 Å². The minimum atomic E-state index is -1.29. The number of rotatable bonds is 3. The van der Waals surface area contributed by atoms with E-state index < -0.39 is 23.3 Å². The summed E-state index contributed by atoms with van der Waals surface area (Å²) in [5.74, 6) is -1.99. The highest BCUT2D eigenvalue weighted by molar-refractivity contribution is 7.10. The molecule has 0 saturated carbocycles. The van der Waals surface area contributed by atoms with Gasteiger partial charge in [-0.1, -0.05) is 6.07 Å². The number of nitrogens with one attached hydrogen (secondary N) is 1. The van der Waals surface area contributed by atoms with Crippen molar-refractivity contribution in [3.05, 3.63) is 34.0 Å². The van der Waals surface area contributed by atoms with Crippen molar-refractivity contribution in [3.63, 3.8) is 0 Å². The van der Waals surface area contributed by atoms with Crippen LogP contribution in [0.5, 0.6) is 0 Å². The zero-order valence-corrected chi connectivity index (χ0v) is 12.0. The van der Waals surface area contributed by atoms with Gasteiger partial charge in [0.05, 0.1) is 4.88 Å². The van der Waals surface area contributed by atoms with Gasteiger partial charge >= 0.3 is 5.97 Å². The van der Waals surface area contributed by atoms with E-state index in [2.05, 4.69) is 5.32 Å². The van der Waals surface area contributed by atoms with Gasteiger partial charge in [0.2, 0.25) is 23.2 Å². The first kappa shape index (κ1) is 14.3. The monoisotopic (exact) mass is 295 g/mol. The molecule has 1 aliphatic heterocycles. The predicted molar refractivity (Wildman–Crippen MR) is 70.4 cm³/mol. The Bertz CT molecular complexity index is 604. The van der Waals surface area contributed by atoms with Crippen molar-refractivity contribution >= 4 is 29.0 Å². The molecule has 106 valence electrons. The van der Waals surface area contributed by atoms with Crippen molar-refractivity contribution in [2.24, 2.45) is 0 Å². The third-order valence-corrected chi connectivity index (χ3v) is 3.75. The largest absolute Gasteiger partial charge is 0.455 e. The van der Waals surface area contributed by atoms with Gasteiger partial charge in [-0.15, -0.1) is 11.3 Å². The van der Waals surface area contributed by atoms with Crippen LogP contribution in [0.15, 0.2) is 29.2 Å². The van der Waals surface area contributed by atoms with Crippen LogP contribution in [0.1, 0.15) is 25.6 Å². The first-order valence-electron chi connectivity index (χ1n) is 5.82. The Morgan fingerprint density at radius 3 is 2.60 bits per heavy atom. The zero-order valence-electron chi connectivity index (χ0n) is 11.2. The molecular weight excluding hydrogens is 282 g/mol. The lowest BCUT2D eigenvalue weighted by atomic mass is 9.99. The van der Waals surface area contributed by atoms with E-state index in [0.29, 0.717) is 4.88 Å². The van der Waals surface area contributed by atoms with E-state index in [1.54, 1.807) is 24.4 Å². The summed E-state index contributed by atoms with van der Waals surface area (Å²) < 4.78 is 10.4. The van der Waals surface area contributed by atoms with Gasteiger partial charge in [-0.05, 0) is 18.4 Å². The number of amides is 1. The van der Waals surface area contributed by atoms with Gasteiger partial charge in [0.15, 0.2) is 0 Å². The predicted octanol–water partition coefficient (Wildman–Crippen LogP) is 1.43. The molecular formula is C13H13NO5S. The lowest BCUT2D eigenvalue weighted by Crippen LogP contribution is -2.31. The SMILES string of the molecule is CC(=O)NC1=C(OC(C)=O)C(=O)C(C)(c2cccs2)O1. The number of carbonyl (C=O) groups excluding carboxylic acids is 3. The molecule has 0 saturated heterocycles. The highest BCUT2D eigenvalue weighted by Gasteiger charge is 2.50. The molecule has 0 aliphatic carbocycles. The molecule has 7 heteroatoms. The maximum Gasteiger partial charge on any atom is 0.308 e. The number of hydrogen-bond donors (Lipinski definition) is 1. The summed E-state index contributed by atoms with van der Waals surface area (Å²) in [4.78, 5) is 35.4. The maximum atomic E-state index is 12.4. The fourth-order valence-electron chi connectivity index (χ4n) is 1.81. The number of thiophene rings is 1. The molecule has 2 heterocycles. The van der Waals surface area contributed by atoms with E-state index in [-0.39, 0.29) is 11.6 Å². The second kappa shape index (κ2) is 5.09. The summed E-state index contributed by atoms with van der Waals surface area (Å²) in [6, 6.07) is 3.52. The van der Waals surface area contributed by atoms with Crippen LogP contribution >= 0.6 is 11.3 Å². The van der Waals surface area contributed by atoms with E-state index >= 15 is 0 Å². The average molecular weight is 295 g/mol. The number of hydrogen-bond acceptors (Lipinski definition) is 6. The van der Waals surface area contributed by atoms with Gasteiger partial charge in [-0.3, -0.25) is 19.7 Å². The van der Waals surface area contributed by atoms with Gasteiger partial charge in [-0.25, -0.2) is 0 Å². The molecule has 6 nitrogen and oxygen atoms in total. The highest BCUT2D eigenvalue weighted by Crippen LogP contribution is 2.40. The quantitative estimate of drug-likeness (QED) is 0.853. The minimum absolute atomic E-state index is 0.131. The third kappa shape index (κ3) is 2.44. The van der Waals surface area contributed by atoms with Crippen LogP contribution in [0.25, 0.3) is 0 Å². The van der Waals surface area contributed by atoms with Crippen LogP contribution < -0.4 is 5.32 Å². The number of carbonyl (C=O) groups is 3. The topological polar surface area (TPSA) is 81.7 Å². The molecule has 0 spiro atoms. The van der Waals surface area contributed by atoms with Crippen molar-refractivity contribution in [3.8, 4) is 0 Å². The first-order valence-corrected chi connectivity index (χ1v) is 6.70. The fourth-order valence-corrected chi connectivity index (χ4v) is 2.63. The van der Waals surface area contributed by atoms with Crippen molar-refractivity contribution in [2.75, 3.05) is 0 Å². The Labute approximate surface area is 119 Å². The second-order valence-electron chi connectivity index (χ2n) is 4.37. The summed E-state index contributed by atoms with van der Waals surface area (Å²) in [6.07, 6.45) is 0. The van der Waals surface area contributed by atoms with Gasteiger partial charge < -0.3 is 9.47 Å². The molecule has 0 aromatic carbocycles. The lowest BCUT2D eigenvalue weighted by molar-refractivity contribution is -0.142. The van der Waals surface area contributed by atoms with Gasteiger partial charge in [-0.2, -0.15) is 0 Å². The molecule has 1 aliphatic rings. The van der Waals surface area contributed by atoms with E-state index in [4.69, 9.17) is 9.47 Å². The third-order valence-electron chi connectivity index (χ3n) is 2.68. The van der Waals surface area contributed by atoms with Crippen LogP contribution in [0.2, 0.25) is 0 Å². The second-order valence-corrected chi connectivity index (χ2v) is 5.32. The van der Waals surface area contributed by atoms with Crippen molar-refractivity contribution in [1.82, 2.24) is 5.32 Å². The molecule has 1 atom stereocenters. The van der Waals surface area contributed by atoms with Crippen LogP contribution in [0, 0.1) is 0 Å². The van der Waals surface area contributed by atoms with E-state index in [1.165, 1.54) is 25.2 Å². The molecule has 1 aromatic heterocycles. The summed E-state index contributed by atoms with van der Waals surface area (Å²) in [6.45, 7) is 4.01. The first-order chi connectivity index (χ1) is 9.34. The Morgan fingerprint density at radius 2 is 2.10 bits per heavy atom. The van der Waals surface area contributed by atoms with Crippen molar-refractivity contribution in [1.29, 1.82) is 0 Å². The molecule has 2 rings (SSSR count). The van der Waals surface area contributed by atoms with Crippen LogP contribution in [-0.2, 0) is 29.5 Å². The Hall–Kier alpha value is -2.15. The standard InChI is InChI=1S/C13H13NO5S/c1-7(15)14-12-10(18-8(2)16)11(17)13(3,19-12)9-5-4-6-20-9/h4-6H,1-3H3,(H,14,15). The summed E-state index contributed by atoms with van der Waals surface area (Å²) in [5.41, 5.74) is -1.29. The Morgan fingerprint density at radius 1 is 1.40 bits per heavy atom. The lowest BCUT2D eigenvalue weighted by Gasteiger charge is -2.21. The smallest absolute Gasteiger partial charge is 0.308 e. The van der Waals surface area contributed by atoms with Crippen LogP contribution in [-0.4, -0.2) is 17.7 Å². The molecule has 0 bridgehead atoms. The van der Waals surface area contributed by atoms with E-state index in [9.17, 15) is 14.4 Å². The van der Waals surface area contributed by atoms with Gasteiger partial charge in [0.1, 0.15) is 0 Å². The number of ketones is 1. The molecule has 1 N–H and O–H groups in total. The Kier molecular flexibility index (Phi) is 3.63. The summed E-state index contributed by atoms with van der Waals surface area (Å²) in [7, 11) is 0. The van der Waals surface area contributed by atoms with Crippen LogP contribution in [0.4, 0.5) is 0 Å². The number of ether oxygens (including phenoxy) is 2. The molecule has 1 unspecified atom stereocenters. The van der Waals surface area contributed by atoms with Gasteiger partial charge in [0.25, 0.3) is 5.78 Å². The normalized spacial score (nSPS) is 21.6. The Balaban J connectivity index is 2.40. The molecule has 1 amide bonds. The number of Topliss-reactive ketones (excluding diaryl/α,β-unsaturated/α-hetero) is 1. The van der Waals surface area contributed by atoms with Gasteiger partial charge in [0, 0.05) is 13.8 Å². The van der Waals surface area contributed by atoms with Crippen molar-refractivity contribution in [2.45, 2.75) is 26.4 Å².